The number of anilines is 1. The van der Waals surface area contributed by atoms with Crippen LogP contribution < -0.4 is 10.2 Å². The second-order valence-electron chi connectivity index (χ2n) is 5.98. The van der Waals surface area contributed by atoms with Gasteiger partial charge in [-0.3, -0.25) is 0 Å². The highest BCUT2D eigenvalue weighted by molar-refractivity contribution is 9.10. The van der Waals surface area contributed by atoms with E-state index in [1.165, 1.54) is 11.3 Å². The highest BCUT2D eigenvalue weighted by Crippen LogP contribution is 2.31. The Morgan fingerprint density at radius 2 is 2.21 bits per heavy atom. The Hall–Kier alpha value is -0.580. The van der Waals surface area contributed by atoms with Crippen LogP contribution in [0.25, 0.3) is 0 Å². The van der Waals surface area contributed by atoms with Gasteiger partial charge in [0.05, 0.1) is 5.60 Å². The summed E-state index contributed by atoms with van der Waals surface area (Å²) in [6, 6.07) is 6.86. The lowest BCUT2D eigenvalue weighted by atomic mass is 10.1. The maximum Gasteiger partial charge on any atom is 0.0810 e. The Balaban J connectivity index is 2.20. The monoisotopic (exact) mass is 326 g/mol. The van der Waals surface area contributed by atoms with Gasteiger partial charge in [-0.1, -0.05) is 35.8 Å². The summed E-state index contributed by atoms with van der Waals surface area (Å²) >= 11 is 3.54. The first-order chi connectivity index (χ1) is 8.87. The molecule has 1 aliphatic heterocycles. The average molecular weight is 327 g/mol. The summed E-state index contributed by atoms with van der Waals surface area (Å²) in [7, 11) is 0. The maximum absolute atomic E-state index is 10.1. The summed E-state index contributed by atoms with van der Waals surface area (Å²) < 4.78 is 1.09. The molecule has 106 valence electrons. The van der Waals surface area contributed by atoms with Gasteiger partial charge >= 0.3 is 0 Å². The molecule has 1 unspecified atom stereocenters. The van der Waals surface area contributed by atoms with Crippen LogP contribution >= 0.6 is 15.9 Å². The predicted molar refractivity (Wildman–Crippen MR) is 83.6 cm³/mol. The van der Waals surface area contributed by atoms with Crippen LogP contribution in [0.4, 0.5) is 5.69 Å². The first kappa shape index (κ1) is 14.8. The molecule has 1 fully saturated rings. The highest BCUT2D eigenvalue weighted by Gasteiger charge is 2.32. The predicted octanol–water partition coefficient (Wildman–Crippen LogP) is 2.91. The van der Waals surface area contributed by atoms with Gasteiger partial charge in [-0.25, -0.2) is 0 Å². The summed E-state index contributed by atoms with van der Waals surface area (Å²) in [6.07, 6.45) is 0.830. The molecule has 2 N–H and O–H groups in total. The van der Waals surface area contributed by atoms with E-state index in [-0.39, 0.29) is 0 Å². The summed E-state index contributed by atoms with van der Waals surface area (Å²) in [5, 5.41) is 13.6. The Morgan fingerprint density at radius 3 is 2.79 bits per heavy atom. The van der Waals surface area contributed by atoms with E-state index in [2.05, 4.69) is 58.2 Å². The zero-order valence-corrected chi connectivity index (χ0v) is 13.5. The van der Waals surface area contributed by atoms with Crippen molar-refractivity contribution >= 4 is 21.6 Å². The topological polar surface area (TPSA) is 35.5 Å². The summed E-state index contributed by atoms with van der Waals surface area (Å²) in [4.78, 5) is 2.28. The lowest BCUT2D eigenvalue weighted by Crippen LogP contribution is -2.31. The molecule has 1 atom stereocenters. The van der Waals surface area contributed by atoms with E-state index in [9.17, 15) is 5.11 Å². The van der Waals surface area contributed by atoms with Gasteiger partial charge < -0.3 is 15.3 Å². The molecule has 0 spiro atoms. The summed E-state index contributed by atoms with van der Waals surface area (Å²) in [5.74, 6) is 0. The van der Waals surface area contributed by atoms with Crippen LogP contribution in [0.5, 0.6) is 0 Å². The summed E-state index contributed by atoms with van der Waals surface area (Å²) in [5.41, 5.74) is 1.94. The number of nitrogens with zero attached hydrogens (tertiary/aromatic N) is 1. The number of nitrogens with one attached hydrogen (secondary N) is 1. The van der Waals surface area contributed by atoms with Gasteiger partial charge in [0, 0.05) is 35.8 Å². The molecule has 3 nitrogen and oxygen atoms in total. The van der Waals surface area contributed by atoms with Gasteiger partial charge in [-0.15, -0.1) is 0 Å². The minimum absolute atomic E-state index is 0.471. The van der Waals surface area contributed by atoms with Crippen molar-refractivity contribution in [2.24, 2.45) is 0 Å². The lowest BCUT2D eigenvalue weighted by molar-refractivity contribution is 0.0839. The Morgan fingerprint density at radius 1 is 1.47 bits per heavy atom. The van der Waals surface area contributed by atoms with Crippen molar-refractivity contribution in [2.75, 3.05) is 18.0 Å². The molecule has 4 heteroatoms. The number of rotatable bonds is 4. The third-order valence-electron chi connectivity index (χ3n) is 3.54. The van der Waals surface area contributed by atoms with E-state index in [0.717, 1.165) is 24.0 Å². The average Bonchev–Trinajstić information content (AvgIpc) is 2.68. The smallest absolute Gasteiger partial charge is 0.0810 e. The van der Waals surface area contributed by atoms with Gasteiger partial charge in [0.15, 0.2) is 0 Å². The molecule has 2 rings (SSSR count). The van der Waals surface area contributed by atoms with Gasteiger partial charge in [0.25, 0.3) is 0 Å². The Bertz CT molecular complexity index is 446. The molecule has 0 aromatic heterocycles. The Labute approximate surface area is 124 Å². The first-order valence-electron chi connectivity index (χ1n) is 6.86. The molecule has 0 saturated carbocycles. The van der Waals surface area contributed by atoms with Crippen molar-refractivity contribution in [1.82, 2.24) is 5.32 Å². The minimum atomic E-state index is -0.564. The largest absolute Gasteiger partial charge is 0.388 e. The van der Waals surface area contributed by atoms with Crippen molar-refractivity contribution in [3.8, 4) is 0 Å². The number of benzene rings is 1. The van der Waals surface area contributed by atoms with E-state index in [1.54, 1.807) is 0 Å². The van der Waals surface area contributed by atoms with Gasteiger partial charge in [-0.2, -0.15) is 0 Å². The number of β-amino-alcohol motifs (C(OH)–C–C–N with tert-alkyl or cyclic N) is 1. The van der Waals surface area contributed by atoms with E-state index in [4.69, 9.17) is 0 Å². The van der Waals surface area contributed by atoms with Crippen molar-refractivity contribution in [1.29, 1.82) is 0 Å². The number of halogens is 1. The third kappa shape index (κ3) is 3.94. The fraction of sp³-hybridized carbons (Fsp3) is 0.600. The first-order valence-corrected chi connectivity index (χ1v) is 7.66. The van der Waals surface area contributed by atoms with E-state index in [0.29, 0.717) is 12.6 Å². The molecule has 0 bridgehead atoms. The van der Waals surface area contributed by atoms with Crippen molar-refractivity contribution in [3.63, 3.8) is 0 Å². The molecular weight excluding hydrogens is 304 g/mol. The fourth-order valence-corrected chi connectivity index (χ4v) is 2.79. The van der Waals surface area contributed by atoms with Crippen LogP contribution in [0.15, 0.2) is 22.7 Å². The molecule has 1 saturated heterocycles. The van der Waals surface area contributed by atoms with Crippen molar-refractivity contribution < 1.29 is 5.11 Å². The molecule has 0 amide bonds. The number of hydrogen-bond donors (Lipinski definition) is 2. The fourth-order valence-electron chi connectivity index (χ4n) is 2.45. The number of hydrogen-bond acceptors (Lipinski definition) is 3. The second-order valence-corrected chi connectivity index (χ2v) is 6.89. The van der Waals surface area contributed by atoms with E-state index in [1.807, 2.05) is 6.92 Å². The van der Waals surface area contributed by atoms with Crippen molar-refractivity contribution in [3.05, 3.63) is 28.2 Å². The molecule has 0 radical (unpaired) electrons. The van der Waals surface area contributed by atoms with Crippen LogP contribution in [0.1, 0.15) is 32.8 Å². The zero-order chi connectivity index (χ0) is 14.0. The Kier molecular flexibility index (Phi) is 4.54. The van der Waals surface area contributed by atoms with Crippen LogP contribution in [0.3, 0.4) is 0 Å². The van der Waals surface area contributed by atoms with Gasteiger partial charge in [-0.05, 0) is 31.0 Å². The number of aliphatic hydroxyl groups is 1. The zero-order valence-electron chi connectivity index (χ0n) is 11.9. The molecule has 1 heterocycles. The highest BCUT2D eigenvalue weighted by atomic mass is 79.9. The lowest BCUT2D eigenvalue weighted by Gasteiger charge is -2.24. The molecule has 1 aromatic rings. The minimum Gasteiger partial charge on any atom is -0.388 e. The van der Waals surface area contributed by atoms with Crippen LogP contribution in [0, 0.1) is 0 Å². The molecule has 1 aliphatic rings. The van der Waals surface area contributed by atoms with Gasteiger partial charge in [0.2, 0.25) is 0 Å². The van der Waals surface area contributed by atoms with Gasteiger partial charge in [0.1, 0.15) is 0 Å². The quantitative estimate of drug-likeness (QED) is 0.893. The molecular formula is C15H23BrN2O. The molecule has 19 heavy (non-hydrogen) atoms. The summed E-state index contributed by atoms with van der Waals surface area (Å²) in [6.45, 7) is 8.70. The van der Waals surface area contributed by atoms with E-state index >= 15 is 0 Å². The van der Waals surface area contributed by atoms with Crippen LogP contribution in [-0.4, -0.2) is 29.8 Å². The third-order valence-corrected chi connectivity index (χ3v) is 4.03. The maximum atomic E-state index is 10.1. The van der Waals surface area contributed by atoms with E-state index < -0.39 is 5.60 Å². The SMILES string of the molecule is CC(C)NCc1ccc(Br)cc1N1CCC(C)(O)C1. The van der Waals surface area contributed by atoms with Crippen molar-refractivity contribution in [2.45, 2.75) is 45.4 Å². The standard InChI is InChI=1S/C15H23BrN2O/c1-11(2)17-9-12-4-5-13(16)8-14(12)18-7-6-15(3,19)10-18/h4-5,8,11,17,19H,6-7,9-10H2,1-3H3. The molecule has 1 aromatic carbocycles. The van der Waals surface area contributed by atoms with Crippen LogP contribution in [0.2, 0.25) is 0 Å². The van der Waals surface area contributed by atoms with Crippen LogP contribution in [-0.2, 0) is 6.54 Å². The normalized spacial score (nSPS) is 23.4. The molecule has 0 aliphatic carbocycles. The second kappa shape index (κ2) is 5.81.